The zero-order valence-electron chi connectivity index (χ0n) is 10.8. The molecule has 0 saturated heterocycles. The van der Waals surface area contributed by atoms with Gasteiger partial charge in [0.2, 0.25) is 10.0 Å². The second kappa shape index (κ2) is 5.32. The molecule has 0 aliphatic rings. The summed E-state index contributed by atoms with van der Waals surface area (Å²) >= 11 is 1.54. The highest BCUT2D eigenvalue weighted by atomic mass is 32.2. The van der Waals surface area contributed by atoms with Crippen LogP contribution in [0.2, 0.25) is 0 Å². The van der Waals surface area contributed by atoms with Crippen molar-refractivity contribution >= 4 is 27.2 Å². The van der Waals surface area contributed by atoms with E-state index in [0.29, 0.717) is 0 Å². The summed E-state index contributed by atoms with van der Waals surface area (Å²) in [5.41, 5.74) is 6.74. The van der Waals surface area contributed by atoms with E-state index in [4.69, 9.17) is 5.73 Å². The van der Waals surface area contributed by atoms with Crippen molar-refractivity contribution in [2.75, 3.05) is 5.73 Å². The van der Waals surface area contributed by atoms with E-state index in [9.17, 15) is 8.42 Å². The molecule has 0 aliphatic carbocycles. The number of nitrogens with one attached hydrogen (secondary N) is 1. The van der Waals surface area contributed by atoms with Crippen molar-refractivity contribution in [1.82, 2.24) is 14.5 Å². The quantitative estimate of drug-likeness (QED) is 0.865. The number of nitrogens with two attached hydrogens (primary N) is 1. The van der Waals surface area contributed by atoms with Gasteiger partial charge in [-0.15, -0.1) is 11.3 Å². The summed E-state index contributed by atoms with van der Waals surface area (Å²) in [5, 5.41) is 5.79. The molecule has 0 bridgehead atoms. The first-order chi connectivity index (χ1) is 8.94. The molecular weight excluding hydrogens is 284 g/mol. The largest absolute Gasteiger partial charge is 0.381 e. The molecule has 6 nitrogen and oxygen atoms in total. The summed E-state index contributed by atoms with van der Waals surface area (Å²) in [6.07, 6.45) is 2.28. The minimum Gasteiger partial charge on any atom is -0.381 e. The molecule has 104 valence electrons. The van der Waals surface area contributed by atoms with Crippen molar-refractivity contribution in [2.24, 2.45) is 7.05 Å². The highest BCUT2D eigenvalue weighted by Gasteiger charge is 2.20. The van der Waals surface area contributed by atoms with Crippen LogP contribution in [0.4, 0.5) is 5.82 Å². The number of sulfonamides is 1. The van der Waals surface area contributed by atoms with Crippen LogP contribution in [-0.4, -0.2) is 18.2 Å². The molecule has 0 spiro atoms. The molecule has 19 heavy (non-hydrogen) atoms. The predicted molar refractivity (Wildman–Crippen MR) is 75.3 cm³/mol. The van der Waals surface area contributed by atoms with Gasteiger partial charge in [0.25, 0.3) is 0 Å². The monoisotopic (exact) mass is 300 g/mol. The Labute approximate surface area is 116 Å². The van der Waals surface area contributed by atoms with Crippen molar-refractivity contribution in [3.63, 3.8) is 0 Å². The lowest BCUT2D eigenvalue weighted by Crippen LogP contribution is -2.23. The Balaban J connectivity index is 2.17. The lowest BCUT2D eigenvalue weighted by molar-refractivity contribution is 0.582. The van der Waals surface area contributed by atoms with Gasteiger partial charge in [-0.3, -0.25) is 4.68 Å². The van der Waals surface area contributed by atoms with Gasteiger partial charge in [-0.1, -0.05) is 6.92 Å². The molecule has 0 fully saturated rings. The number of hydrogen-bond donors (Lipinski definition) is 2. The van der Waals surface area contributed by atoms with Crippen LogP contribution in [0, 0.1) is 0 Å². The Hall–Kier alpha value is -1.38. The van der Waals surface area contributed by atoms with Crippen LogP contribution >= 0.6 is 11.3 Å². The third kappa shape index (κ3) is 2.96. The number of anilines is 1. The number of thiophene rings is 1. The molecule has 0 atom stereocenters. The molecule has 2 heterocycles. The number of nitrogen functional groups attached to an aromatic ring is 1. The van der Waals surface area contributed by atoms with Crippen molar-refractivity contribution in [1.29, 1.82) is 0 Å². The van der Waals surface area contributed by atoms with E-state index in [1.165, 1.54) is 10.9 Å². The Morgan fingerprint density at radius 2 is 2.26 bits per heavy atom. The SMILES string of the molecule is CCc1ccsc1CNS(=O)(=O)c1cn(C)nc1N. The first-order valence-corrected chi connectivity index (χ1v) is 8.14. The third-order valence-corrected chi connectivity index (χ3v) is 5.13. The number of nitrogens with zero attached hydrogens (tertiary/aromatic N) is 2. The van der Waals surface area contributed by atoms with Crippen molar-refractivity contribution in [3.05, 3.63) is 28.1 Å². The normalized spacial score (nSPS) is 11.9. The molecule has 0 aliphatic heterocycles. The molecule has 2 aromatic rings. The van der Waals surface area contributed by atoms with Gasteiger partial charge < -0.3 is 5.73 Å². The molecule has 0 radical (unpaired) electrons. The molecule has 0 unspecified atom stereocenters. The fourth-order valence-electron chi connectivity index (χ4n) is 1.77. The second-order valence-corrected chi connectivity index (χ2v) is 6.84. The molecule has 3 N–H and O–H groups in total. The van der Waals surface area contributed by atoms with Gasteiger partial charge >= 0.3 is 0 Å². The number of aromatic nitrogens is 2. The maximum atomic E-state index is 12.1. The van der Waals surface area contributed by atoms with Crippen molar-refractivity contribution in [2.45, 2.75) is 24.8 Å². The average molecular weight is 300 g/mol. The van der Waals surface area contributed by atoms with E-state index >= 15 is 0 Å². The Morgan fingerprint density at radius 3 is 2.84 bits per heavy atom. The van der Waals surface area contributed by atoms with Crippen LogP contribution < -0.4 is 10.5 Å². The number of hydrogen-bond acceptors (Lipinski definition) is 5. The summed E-state index contributed by atoms with van der Waals surface area (Å²) in [6.45, 7) is 2.32. The maximum absolute atomic E-state index is 12.1. The minimum absolute atomic E-state index is 0.0110. The van der Waals surface area contributed by atoms with Crippen LogP contribution in [0.25, 0.3) is 0 Å². The van der Waals surface area contributed by atoms with E-state index in [0.717, 1.165) is 16.9 Å². The third-order valence-electron chi connectivity index (χ3n) is 2.75. The zero-order chi connectivity index (χ0) is 14.0. The van der Waals surface area contributed by atoms with Gasteiger partial charge in [-0.05, 0) is 23.4 Å². The van der Waals surface area contributed by atoms with Gasteiger partial charge in [0.15, 0.2) is 5.82 Å². The number of rotatable bonds is 5. The fourth-order valence-corrected chi connectivity index (χ4v) is 3.87. The lowest BCUT2D eigenvalue weighted by atomic mass is 10.2. The standard InChI is InChI=1S/C11H16N4O2S2/c1-3-8-4-5-18-9(8)6-13-19(16,17)10-7-15(2)14-11(10)12/h4-5,7,13H,3,6H2,1-2H3,(H2,12,14). The van der Waals surface area contributed by atoms with Gasteiger partial charge in [0.05, 0.1) is 0 Å². The molecule has 0 amide bonds. The first kappa shape index (κ1) is 14.0. The van der Waals surface area contributed by atoms with Crippen LogP contribution in [0.3, 0.4) is 0 Å². The first-order valence-electron chi connectivity index (χ1n) is 5.78. The van der Waals surface area contributed by atoms with Crippen LogP contribution in [0.15, 0.2) is 22.5 Å². The van der Waals surface area contributed by atoms with E-state index in [1.54, 1.807) is 18.4 Å². The second-order valence-electron chi connectivity index (χ2n) is 4.10. The minimum atomic E-state index is -3.62. The smallest absolute Gasteiger partial charge is 0.246 e. The van der Waals surface area contributed by atoms with Crippen LogP contribution in [0.1, 0.15) is 17.4 Å². The fraction of sp³-hybridized carbons (Fsp3) is 0.364. The van der Waals surface area contributed by atoms with Crippen molar-refractivity contribution < 1.29 is 8.42 Å². The zero-order valence-corrected chi connectivity index (χ0v) is 12.4. The van der Waals surface area contributed by atoms with Crippen molar-refractivity contribution in [3.8, 4) is 0 Å². The Kier molecular flexibility index (Phi) is 3.93. The highest BCUT2D eigenvalue weighted by molar-refractivity contribution is 7.89. The molecular formula is C11H16N4O2S2. The maximum Gasteiger partial charge on any atom is 0.246 e. The molecule has 0 aromatic carbocycles. The molecule has 2 rings (SSSR count). The summed E-state index contributed by atoms with van der Waals surface area (Å²) in [4.78, 5) is 1.04. The summed E-state index contributed by atoms with van der Waals surface area (Å²) in [6, 6.07) is 2.01. The lowest BCUT2D eigenvalue weighted by Gasteiger charge is -2.05. The van der Waals surface area contributed by atoms with E-state index in [1.807, 2.05) is 18.4 Å². The Morgan fingerprint density at radius 1 is 1.53 bits per heavy atom. The molecule has 2 aromatic heterocycles. The average Bonchev–Trinajstić information content (AvgIpc) is 2.93. The summed E-state index contributed by atoms with van der Waals surface area (Å²) in [7, 11) is -1.99. The summed E-state index contributed by atoms with van der Waals surface area (Å²) in [5.74, 6) is 0.0110. The van der Waals surface area contributed by atoms with Gasteiger partial charge in [0.1, 0.15) is 4.90 Å². The molecule has 8 heteroatoms. The summed E-state index contributed by atoms with van der Waals surface area (Å²) < 4.78 is 28.2. The molecule has 0 saturated carbocycles. The highest BCUT2D eigenvalue weighted by Crippen LogP contribution is 2.19. The van der Waals surface area contributed by atoms with E-state index in [2.05, 4.69) is 9.82 Å². The van der Waals surface area contributed by atoms with Gasteiger partial charge in [-0.2, -0.15) is 5.10 Å². The van der Waals surface area contributed by atoms with Crippen LogP contribution in [-0.2, 0) is 30.0 Å². The van der Waals surface area contributed by atoms with Gasteiger partial charge in [-0.25, -0.2) is 13.1 Å². The predicted octanol–water partition coefficient (Wildman–Crippen LogP) is 1.10. The Bertz CT molecular complexity index is 673. The van der Waals surface area contributed by atoms with E-state index < -0.39 is 10.0 Å². The van der Waals surface area contributed by atoms with Gasteiger partial charge in [0, 0.05) is 24.7 Å². The topological polar surface area (TPSA) is 90.0 Å². The number of aryl methyl sites for hydroxylation is 2. The van der Waals surface area contributed by atoms with E-state index in [-0.39, 0.29) is 17.3 Å². The van der Waals surface area contributed by atoms with Crippen LogP contribution in [0.5, 0.6) is 0 Å².